The van der Waals surface area contributed by atoms with Crippen LogP contribution >= 0.6 is 11.3 Å². The molecule has 182 valence electrons. The molecule has 8 heteroatoms. The first kappa shape index (κ1) is 24.2. The summed E-state index contributed by atoms with van der Waals surface area (Å²) >= 11 is 1.70. The molecule has 0 aromatic carbocycles. The van der Waals surface area contributed by atoms with Gasteiger partial charge in [0.05, 0.1) is 6.04 Å². The molecule has 4 amide bonds. The third-order valence-corrected chi connectivity index (χ3v) is 8.52. The Bertz CT molecular complexity index is 878. The molecule has 1 saturated carbocycles. The number of carbonyl (C=O) groups is 3. The summed E-state index contributed by atoms with van der Waals surface area (Å²) in [4.78, 5) is 43.7. The molecule has 3 fully saturated rings. The van der Waals surface area contributed by atoms with Crippen molar-refractivity contribution >= 4 is 29.2 Å². The van der Waals surface area contributed by atoms with E-state index < -0.39 is 11.6 Å². The number of piperidine rings is 1. The first-order valence-corrected chi connectivity index (χ1v) is 13.1. The van der Waals surface area contributed by atoms with E-state index in [1.165, 1.54) is 4.88 Å². The molecule has 3 atom stereocenters. The SMILES string of the molecule is CC1CCN(C(CNC(=O)CN2C(=O)NC3(CC(C)CC(C)(C)C3)C2=O)c2cccs2)CC1. The Morgan fingerprint density at radius 3 is 2.58 bits per heavy atom. The molecule has 4 rings (SSSR count). The lowest BCUT2D eigenvalue weighted by molar-refractivity contribution is -0.137. The van der Waals surface area contributed by atoms with Gasteiger partial charge in [-0.3, -0.25) is 19.4 Å². The highest BCUT2D eigenvalue weighted by molar-refractivity contribution is 7.10. The number of rotatable bonds is 6. The predicted octanol–water partition coefficient (Wildman–Crippen LogP) is 3.77. The molecule has 2 saturated heterocycles. The quantitative estimate of drug-likeness (QED) is 0.615. The minimum atomic E-state index is -0.872. The summed E-state index contributed by atoms with van der Waals surface area (Å²) in [6.45, 7) is 11.0. The lowest BCUT2D eigenvalue weighted by Crippen LogP contribution is -2.54. The normalized spacial score (nSPS) is 29.3. The Balaban J connectivity index is 1.38. The molecule has 2 aliphatic heterocycles. The van der Waals surface area contributed by atoms with E-state index in [1.54, 1.807) is 11.3 Å². The highest BCUT2D eigenvalue weighted by atomic mass is 32.1. The van der Waals surface area contributed by atoms with Crippen LogP contribution in [0.2, 0.25) is 0 Å². The smallest absolute Gasteiger partial charge is 0.325 e. The number of hydrogen-bond donors (Lipinski definition) is 2. The molecule has 3 aliphatic rings. The van der Waals surface area contributed by atoms with E-state index in [4.69, 9.17) is 0 Å². The third-order valence-electron chi connectivity index (χ3n) is 7.55. The van der Waals surface area contributed by atoms with Crippen LogP contribution in [-0.4, -0.2) is 59.4 Å². The number of thiophene rings is 1. The average molecular weight is 475 g/mol. The standard InChI is InChI=1S/C25H38N4O3S/c1-17-7-9-28(10-8-17)19(20-6-5-11-33-20)14-26-21(30)15-29-22(31)25(27-23(29)32)13-18(2)12-24(3,4)16-25/h5-6,11,17-19H,7-10,12-16H2,1-4H3,(H,26,30)(H,27,32). The Kier molecular flexibility index (Phi) is 6.87. The maximum atomic E-state index is 13.3. The van der Waals surface area contributed by atoms with Gasteiger partial charge in [-0.1, -0.05) is 33.8 Å². The summed E-state index contributed by atoms with van der Waals surface area (Å²) in [5, 5.41) is 8.04. The maximum absolute atomic E-state index is 13.3. The second-order valence-corrected chi connectivity index (χ2v) is 12.3. The van der Waals surface area contributed by atoms with E-state index in [0.717, 1.165) is 43.2 Å². The molecule has 1 spiro atoms. The summed E-state index contributed by atoms with van der Waals surface area (Å²) in [7, 11) is 0. The largest absolute Gasteiger partial charge is 0.353 e. The Labute approximate surface area is 201 Å². The van der Waals surface area contributed by atoms with E-state index in [2.05, 4.69) is 54.7 Å². The number of nitrogens with one attached hydrogen (secondary N) is 2. The number of urea groups is 1. The van der Waals surface area contributed by atoms with Gasteiger partial charge in [-0.05, 0) is 73.9 Å². The maximum Gasteiger partial charge on any atom is 0.325 e. The topological polar surface area (TPSA) is 81.8 Å². The number of carbonyl (C=O) groups excluding carboxylic acids is 3. The molecule has 3 unspecified atom stereocenters. The number of amides is 4. The van der Waals surface area contributed by atoms with E-state index in [1.807, 2.05) is 6.07 Å². The van der Waals surface area contributed by atoms with E-state index in [0.29, 0.717) is 25.3 Å². The van der Waals surface area contributed by atoms with Crippen molar-refractivity contribution in [2.24, 2.45) is 17.3 Å². The Morgan fingerprint density at radius 1 is 1.21 bits per heavy atom. The van der Waals surface area contributed by atoms with Crippen LogP contribution in [0.5, 0.6) is 0 Å². The number of nitrogens with zero attached hydrogens (tertiary/aromatic N) is 2. The van der Waals surface area contributed by atoms with Crippen molar-refractivity contribution in [1.82, 2.24) is 20.4 Å². The van der Waals surface area contributed by atoms with Crippen molar-refractivity contribution in [3.63, 3.8) is 0 Å². The van der Waals surface area contributed by atoms with Crippen LogP contribution < -0.4 is 10.6 Å². The Morgan fingerprint density at radius 2 is 1.94 bits per heavy atom. The van der Waals surface area contributed by atoms with Crippen LogP contribution in [-0.2, 0) is 9.59 Å². The number of likely N-dealkylation sites (tertiary alicyclic amines) is 1. The molecule has 1 aliphatic carbocycles. The first-order valence-electron chi connectivity index (χ1n) is 12.3. The average Bonchev–Trinajstić information content (AvgIpc) is 3.32. The lowest BCUT2D eigenvalue weighted by Gasteiger charge is -2.43. The van der Waals surface area contributed by atoms with Gasteiger partial charge in [-0.2, -0.15) is 0 Å². The molecule has 0 bridgehead atoms. The third kappa shape index (κ3) is 5.27. The predicted molar refractivity (Wildman–Crippen MR) is 130 cm³/mol. The first-order chi connectivity index (χ1) is 15.6. The molecular formula is C25H38N4O3S. The van der Waals surface area contributed by atoms with Crippen LogP contribution in [0.4, 0.5) is 4.79 Å². The molecule has 2 N–H and O–H groups in total. The van der Waals surface area contributed by atoms with E-state index in [-0.39, 0.29) is 29.8 Å². The molecule has 7 nitrogen and oxygen atoms in total. The van der Waals surface area contributed by atoms with Crippen molar-refractivity contribution in [2.75, 3.05) is 26.2 Å². The van der Waals surface area contributed by atoms with Crippen LogP contribution in [0.3, 0.4) is 0 Å². The van der Waals surface area contributed by atoms with Gasteiger partial charge in [0.25, 0.3) is 5.91 Å². The number of imide groups is 1. The lowest BCUT2D eigenvalue weighted by atomic mass is 9.64. The monoisotopic (exact) mass is 474 g/mol. The van der Waals surface area contributed by atoms with Crippen molar-refractivity contribution < 1.29 is 14.4 Å². The van der Waals surface area contributed by atoms with Gasteiger partial charge in [-0.25, -0.2) is 4.79 Å². The van der Waals surface area contributed by atoms with Crippen molar-refractivity contribution in [3.05, 3.63) is 22.4 Å². The fourth-order valence-electron chi connectivity index (χ4n) is 6.29. The van der Waals surface area contributed by atoms with Gasteiger partial charge < -0.3 is 10.6 Å². The van der Waals surface area contributed by atoms with Gasteiger partial charge in [-0.15, -0.1) is 11.3 Å². The highest BCUT2D eigenvalue weighted by Gasteiger charge is 2.56. The second kappa shape index (κ2) is 9.37. The zero-order valence-electron chi connectivity index (χ0n) is 20.4. The van der Waals surface area contributed by atoms with Crippen molar-refractivity contribution in [2.45, 2.75) is 71.4 Å². The van der Waals surface area contributed by atoms with Crippen LogP contribution in [0, 0.1) is 17.3 Å². The summed E-state index contributed by atoms with van der Waals surface area (Å²) in [6, 6.07) is 3.84. The van der Waals surface area contributed by atoms with Gasteiger partial charge >= 0.3 is 6.03 Å². The van der Waals surface area contributed by atoms with E-state index >= 15 is 0 Å². The Hall–Kier alpha value is -1.93. The zero-order valence-corrected chi connectivity index (χ0v) is 21.2. The minimum Gasteiger partial charge on any atom is -0.353 e. The van der Waals surface area contributed by atoms with E-state index in [9.17, 15) is 14.4 Å². The molecular weight excluding hydrogens is 436 g/mol. The molecule has 1 aromatic heterocycles. The molecule has 1 aromatic rings. The van der Waals surface area contributed by atoms with Gasteiger partial charge in [0.2, 0.25) is 5.91 Å². The van der Waals surface area contributed by atoms with Gasteiger partial charge in [0.15, 0.2) is 0 Å². The van der Waals surface area contributed by atoms with Crippen molar-refractivity contribution in [1.29, 1.82) is 0 Å². The van der Waals surface area contributed by atoms with Crippen LogP contribution in [0.15, 0.2) is 17.5 Å². The highest BCUT2D eigenvalue weighted by Crippen LogP contribution is 2.46. The summed E-state index contributed by atoms with van der Waals surface area (Å²) in [6.07, 6.45) is 4.59. The molecule has 3 heterocycles. The number of hydrogen-bond acceptors (Lipinski definition) is 5. The summed E-state index contributed by atoms with van der Waals surface area (Å²) in [5.74, 6) is 0.539. The second-order valence-electron chi connectivity index (χ2n) is 11.3. The van der Waals surface area contributed by atoms with Gasteiger partial charge in [0, 0.05) is 11.4 Å². The van der Waals surface area contributed by atoms with Crippen LogP contribution in [0.25, 0.3) is 0 Å². The summed E-state index contributed by atoms with van der Waals surface area (Å²) in [5.41, 5.74) is -0.902. The molecule has 0 radical (unpaired) electrons. The van der Waals surface area contributed by atoms with Crippen molar-refractivity contribution in [3.8, 4) is 0 Å². The fourth-order valence-corrected chi connectivity index (χ4v) is 7.15. The molecule has 33 heavy (non-hydrogen) atoms. The van der Waals surface area contributed by atoms with Crippen LogP contribution in [0.1, 0.15) is 70.7 Å². The fraction of sp³-hybridized carbons (Fsp3) is 0.720. The zero-order chi connectivity index (χ0) is 23.8. The summed E-state index contributed by atoms with van der Waals surface area (Å²) < 4.78 is 0. The minimum absolute atomic E-state index is 0.0290. The van der Waals surface area contributed by atoms with Gasteiger partial charge in [0.1, 0.15) is 12.1 Å².